The number of hydrogen-bond acceptors (Lipinski definition) is 3. The first-order valence-corrected chi connectivity index (χ1v) is 6.23. The fourth-order valence-electron chi connectivity index (χ4n) is 2.10. The summed E-state index contributed by atoms with van der Waals surface area (Å²) in [6.45, 7) is 2.78. The number of nitrogens with one attached hydrogen (secondary N) is 1. The van der Waals surface area contributed by atoms with Gasteiger partial charge in [-0.3, -0.25) is 4.98 Å². The van der Waals surface area contributed by atoms with E-state index >= 15 is 0 Å². The SMILES string of the molecule is CCNC(c1ccncc1)c1cc(F)ccc1OC. The first-order valence-electron chi connectivity index (χ1n) is 6.23. The van der Waals surface area contributed by atoms with Crippen LogP contribution < -0.4 is 10.1 Å². The maximum absolute atomic E-state index is 13.5. The molecule has 100 valence electrons. The molecule has 4 heteroatoms. The van der Waals surface area contributed by atoms with E-state index in [0.29, 0.717) is 5.75 Å². The Kier molecular flexibility index (Phi) is 4.47. The van der Waals surface area contributed by atoms with Crippen LogP contribution >= 0.6 is 0 Å². The lowest BCUT2D eigenvalue weighted by Crippen LogP contribution is -2.22. The highest BCUT2D eigenvalue weighted by molar-refractivity contribution is 5.41. The van der Waals surface area contributed by atoms with E-state index in [0.717, 1.165) is 17.7 Å². The van der Waals surface area contributed by atoms with Crippen molar-refractivity contribution in [1.82, 2.24) is 10.3 Å². The van der Waals surface area contributed by atoms with Crippen LogP contribution in [0.5, 0.6) is 5.75 Å². The summed E-state index contributed by atoms with van der Waals surface area (Å²) in [5, 5.41) is 3.34. The highest BCUT2D eigenvalue weighted by Crippen LogP contribution is 2.30. The monoisotopic (exact) mass is 260 g/mol. The molecule has 0 bridgehead atoms. The van der Waals surface area contributed by atoms with E-state index in [1.165, 1.54) is 12.1 Å². The maximum Gasteiger partial charge on any atom is 0.124 e. The summed E-state index contributed by atoms with van der Waals surface area (Å²) < 4.78 is 18.8. The molecule has 1 aromatic heterocycles. The van der Waals surface area contributed by atoms with E-state index < -0.39 is 0 Å². The highest BCUT2D eigenvalue weighted by atomic mass is 19.1. The second-order valence-corrected chi connectivity index (χ2v) is 4.16. The van der Waals surface area contributed by atoms with Crippen LogP contribution in [-0.2, 0) is 0 Å². The molecular weight excluding hydrogens is 243 g/mol. The molecule has 1 unspecified atom stereocenters. The number of halogens is 1. The van der Waals surface area contributed by atoms with Gasteiger partial charge in [0.25, 0.3) is 0 Å². The molecular formula is C15H17FN2O. The van der Waals surface area contributed by atoms with Crippen molar-refractivity contribution in [3.8, 4) is 5.75 Å². The second-order valence-electron chi connectivity index (χ2n) is 4.16. The van der Waals surface area contributed by atoms with Crippen molar-refractivity contribution < 1.29 is 9.13 Å². The number of benzene rings is 1. The average Bonchev–Trinajstić information content (AvgIpc) is 2.45. The van der Waals surface area contributed by atoms with Crippen molar-refractivity contribution in [2.24, 2.45) is 0 Å². The molecule has 0 aliphatic rings. The lowest BCUT2D eigenvalue weighted by molar-refractivity contribution is 0.402. The van der Waals surface area contributed by atoms with E-state index in [1.807, 2.05) is 19.1 Å². The first kappa shape index (κ1) is 13.5. The first-order chi connectivity index (χ1) is 9.26. The minimum Gasteiger partial charge on any atom is -0.496 e. The molecule has 2 rings (SSSR count). The third-order valence-corrected chi connectivity index (χ3v) is 2.95. The summed E-state index contributed by atoms with van der Waals surface area (Å²) in [5.41, 5.74) is 1.82. The molecule has 0 aliphatic carbocycles. The molecule has 0 spiro atoms. The number of methoxy groups -OCH3 is 1. The van der Waals surface area contributed by atoms with E-state index in [1.54, 1.807) is 25.6 Å². The lowest BCUT2D eigenvalue weighted by atomic mass is 9.98. The summed E-state index contributed by atoms with van der Waals surface area (Å²) in [5.74, 6) is 0.400. The Hall–Kier alpha value is -1.94. The zero-order chi connectivity index (χ0) is 13.7. The van der Waals surface area contributed by atoms with E-state index in [2.05, 4.69) is 10.3 Å². The predicted molar refractivity (Wildman–Crippen MR) is 72.7 cm³/mol. The third kappa shape index (κ3) is 3.09. The minimum absolute atomic E-state index is 0.112. The van der Waals surface area contributed by atoms with Gasteiger partial charge in [0.2, 0.25) is 0 Å². The summed E-state index contributed by atoms with van der Waals surface area (Å²) in [6, 6.07) is 8.27. The molecule has 2 aromatic rings. The molecule has 0 fully saturated rings. The van der Waals surface area contributed by atoms with Crippen molar-refractivity contribution in [3.05, 3.63) is 59.7 Å². The van der Waals surface area contributed by atoms with Gasteiger partial charge in [0.15, 0.2) is 0 Å². The number of aromatic nitrogens is 1. The quantitative estimate of drug-likeness (QED) is 0.897. The standard InChI is InChI=1S/C15H17FN2O/c1-3-18-15(11-6-8-17-9-7-11)13-10-12(16)4-5-14(13)19-2/h4-10,15,18H,3H2,1-2H3. The zero-order valence-electron chi connectivity index (χ0n) is 11.1. The van der Waals surface area contributed by atoms with Gasteiger partial charge in [-0.25, -0.2) is 4.39 Å². The molecule has 0 saturated carbocycles. The third-order valence-electron chi connectivity index (χ3n) is 2.95. The Morgan fingerprint density at radius 2 is 2.00 bits per heavy atom. The van der Waals surface area contributed by atoms with Gasteiger partial charge in [0, 0.05) is 18.0 Å². The van der Waals surface area contributed by atoms with Gasteiger partial charge < -0.3 is 10.1 Å². The molecule has 19 heavy (non-hydrogen) atoms. The normalized spacial score (nSPS) is 12.2. The summed E-state index contributed by atoms with van der Waals surface area (Å²) in [6.07, 6.45) is 3.46. The van der Waals surface area contributed by atoms with Crippen molar-refractivity contribution >= 4 is 0 Å². The number of nitrogens with zero attached hydrogens (tertiary/aromatic N) is 1. The largest absolute Gasteiger partial charge is 0.496 e. The Morgan fingerprint density at radius 1 is 1.26 bits per heavy atom. The molecule has 1 atom stereocenters. The van der Waals surface area contributed by atoms with E-state index in [-0.39, 0.29) is 11.9 Å². The van der Waals surface area contributed by atoms with Gasteiger partial charge in [0.05, 0.1) is 13.2 Å². The van der Waals surface area contributed by atoms with Gasteiger partial charge in [-0.05, 0) is 42.4 Å². The van der Waals surface area contributed by atoms with Crippen LogP contribution in [0.2, 0.25) is 0 Å². The van der Waals surface area contributed by atoms with Gasteiger partial charge in [-0.1, -0.05) is 6.92 Å². The van der Waals surface area contributed by atoms with Crippen molar-refractivity contribution in [2.75, 3.05) is 13.7 Å². The van der Waals surface area contributed by atoms with Crippen LogP contribution in [0, 0.1) is 5.82 Å². The number of pyridine rings is 1. The van der Waals surface area contributed by atoms with Crippen molar-refractivity contribution in [3.63, 3.8) is 0 Å². The average molecular weight is 260 g/mol. The topological polar surface area (TPSA) is 34.2 Å². The number of hydrogen-bond donors (Lipinski definition) is 1. The summed E-state index contributed by atoms with van der Waals surface area (Å²) >= 11 is 0. The van der Waals surface area contributed by atoms with Crippen LogP contribution in [0.3, 0.4) is 0 Å². The van der Waals surface area contributed by atoms with Gasteiger partial charge in [0.1, 0.15) is 11.6 Å². The van der Waals surface area contributed by atoms with Crippen LogP contribution in [-0.4, -0.2) is 18.6 Å². The van der Waals surface area contributed by atoms with Crippen LogP contribution in [0.1, 0.15) is 24.1 Å². The smallest absolute Gasteiger partial charge is 0.124 e. The lowest BCUT2D eigenvalue weighted by Gasteiger charge is -2.21. The molecule has 0 amide bonds. The number of rotatable bonds is 5. The Morgan fingerprint density at radius 3 is 2.63 bits per heavy atom. The van der Waals surface area contributed by atoms with Crippen LogP contribution in [0.25, 0.3) is 0 Å². The molecule has 0 saturated heterocycles. The molecule has 1 aromatic carbocycles. The van der Waals surface area contributed by atoms with Crippen molar-refractivity contribution in [2.45, 2.75) is 13.0 Å². The molecule has 1 N–H and O–H groups in total. The fraction of sp³-hybridized carbons (Fsp3) is 0.267. The Bertz CT molecular complexity index is 531. The van der Waals surface area contributed by atoms with Crippen molar-refractivity contribution in [1.29, 1.82) is 0 Å². The van der Waals surface area contributed by atoms with Gasteiger partial charge >= 0.3 is 0 Å². The van der Waals surface area contributed by atoms with Crippen LogP contribution in [0.15, 0.2) is 42.7 Å². The van der Waals surface area contributed by atoms with E-state index in [4.69, 9.17) is 4.74 Å². The molecule has 0 radical (unpaired) electrons. The molecule has 0 aliphatic heterocycles. The van der Waals surface area contributed by atoms with Gasteiger partial charge in [-0.2, -0.15) is 0 Å². The Balaban J connectivity index is 2.47. The fourth-order valence-corrected chi connectivity index (χ4v) is 2.10. The second kappa shape index (κ2) is 6.29. The van der Waals surface area contributed by atoms with E-state index in [9.17, 15) is 4.39 Å². The minimum atomic E-state index is -0.271. The molecule has 3 nitrogen and oxygen atoms in total. The van der Waals surface area contributed by atoms with Crippen LogP contribution in [0.4, 0.5) is 4.39 Å². The predicted octanol–water partition coefficient (Wildman–Crippen LogP) is 2.93. The summed E-state index contributed by atoms with van der Waals surface area (Å²) in [4.78, 5) is 4.01. The zero-order valence-corrected chi connectivity index (χ0v) is 11.1. The number of ether oxygens (including phenoxy) is 1. The maximum atomic E-state index is 13.5. The van der Waals surface area contributed by atoms with Gasteiger partial charge in [-0.15, -0.1) is 0 Å². The Labute approximate surface area is 112 Å². The highest BCUT2D eigenvalue weighted by Gasteiger charge is 2.18. The summed E-state index contributed by atoms with van der Waals surface area (Å²) in [7, 11) is 1.59. The molecule has 1 heterocycles.